The van der Waals surface area contributed by atoms with Crippen LogP contribution in [0.25, 0.3) is 0 Å². The smallest absolute Gasteiger partial charge is 0.225 e. The molecular formula is C18H26N2O2. The number of rotatable bonds is 3. The fraction of sp³-hybridized carbons (Fsp3) is 0.611. The molecule has 0 aromatic heterocycles. The van der Waals surface area contributed by atoms with E-state index in [-0.39, 0.29) is 5.92 Å². The Kier molecular flexibility index (Phi) is 4.98. The van der Waals surface area contributed by atoms with Gasteiger partial charge in [0.15, 0.2) is 0 Å². The van der Waals surface area contributed by atoms with Gasteiger partial charge >= 0.3 is 0 Å². The average molecular weight is 302 g/mol. The summed E-state index contributed by atoms with van der Waals surface area (Å²) in [4.78, 5) is 17.0. The Hall–Kier alpha value is -1.55. The minimum atomic E-state index is 0.184. The summed E-state index contributed by atoms with van der Waals surface area (Å²) in [6.07, 6.45) is 2.85. The second-order valence-electron chi connectivity index (χ2n) is 6.22. The Labute approximate surface area is 133 Å². The summed E-state index contributed by atoms with van der Waals surface area (Å²) < 4.78 is 5.35. The summed E-state index contributed by atoms with van der Waals surface area (Å²) in [5.74, 6) is 0.522. The number of ether oxygens (including phenoxy) is 1. The maximum atomic E-state index is 12.5. The highest BCUT2D eigenvalue weighted by Gasteiger charge is 2.28. The van der Waals surface area contributed by atoms with Gasteiger partial charge in [-0.1, -0.05) is 19.1 Å². The molecule has 3 rings (SSSR count). The van der Waals surface area contributed by atoms with Gasteiger partial charge in [0.05, 0.1) is 0 Å². The van der Waals surface area contributed by atoms with Gasteiger partial charge in [-0.2, -0.15) is 0 Å². The number of anilines is 1. The van der Waals surface area contributed by atoms with Crippen molar-refractivity contribution in [3.8, 4) is 0 Å². The van der Waals surface area contributed by atoms with Crippen molar-refractivity contribution in [3.63, 3.8) is 0 Å². The van der Waals surface area contributed by atoms with E-state index in [2.05, 4.69) is 36.1 Å². The molecular weight excluding hydrogens is 276 g/mol. The lowest BCUT2D eigenvalue weighted by Crippen LogP contribution is -2.51. The van der Waals surface area contributed by atoms with Gasteiger partial charge in [-0.3, -0.25) is 4.79 Å². The molecule has 1 aromatic carbocycles. The Morgan fingerprint density at radius 3 is 2.32 bits per heavy atom. The minimum absolute atomic E-state index is 0.184. The molecule has 0 atom stereocenters. The molecule has 120 valence electrons. The van der Waals surface area contributed by atoms with Crippen LogP contribution in [0.15, 0.2) is 24.3 Å². The number of carbonyl (C=O) groups is 1. The van der Waals surface area contributed by atoms with E-state index >= 15 is 0 Å². The first-order chi connectivity index (χ1) is 10.8. The van der Waals surface area contributed by atoms with Crippen molar-refractivity contribution in [2.45, 2.75) is 26.2 Å². The molecule has 2 heterocycles. The number of aryl methyl sites for hydroxylation is 1. The van der Waals surface area contributed by atoms with Crippen LogP contribution in [0.5, 0.6) is 0 Å². The van der Waals surface area contributed by atoms with E-state index in [4.69, 9.17) is 4.74 Å². The van der Waals surface area contributed by atoms with E-state index in [0.717, 1.165) is 58.7 Å². The van der Waals surface area contributed by atoms with Crippen molar-refractivity contribution in [2.75, 3.05) is 44.3 Å². The van der Waals surface area contributed by atoms with E-state index in [0.29, 0.717) is 5.91 Å². The first-order valence-corrected chi connectivity index (χ1v) is 8.48. The zero-order valence-electron chi connectivity index (χ0n) is 13.5. The van der Waals surface area contributed by atoms with Crippen molar-refractivity contribution >= 4 is 11.6 Å². The van der Waals surface area contributed by atoms with Gasteiger partial charge in [0.1, 0.15) is 0 Å². The SMILES string of the molecule is CCc1ccc(N2CCN(C(=O)C3CCOCC3)CC2)cc1. The maximum absolute atomic E-state index is 12.5. The molecule has 2 aliphatic rings. The lowest BCUT2D eigenvalue weighted by atomic mass is 9.98. The second kappa shape index (κ2) is 7.14. The molecule has 22 heavy (non-hydrogen) atoms. The predicted molar refractivity (Wildman–Crippen MR) is 88.2 cm³/mol. The lowest BCUT2D eigenvalue weighted by Gasteiger charge is -2.38. The maximum Gasteiger partial charge on any atom is 0.225 e. The summed E-state index contributed by atoms with van der Waals surface area (Å²) in [6.45, 7) is 7.19. The number of nitrogens with zero attached hydrogens (tertiary/aromatic N) is 2. The largest absolute Gasteiger partial charge is 0.381 e. The molecule has 1 amide bonds. The van der Waals surface area contributed by atoms with Gasteiger partial charge in [0, 0.05) is 51.0 Å². The molecule has 4 heteroatoms. The van der Waals surface area contributed by atoms with Crippen LogP contribution >= 0.6 is 0 Å². The molecule has 0 bridgehead atoms. The molecule has 0 radical (unpaired) electrons. The molecule has 0 spiro atoms. The Morgan fingerprint density at radius 2 is 1.73 bits per heavy atom. The monoisotopic (exact) mass is 302 g/mol. The number of amides is 1. The molecule has 2 fully saturated rings. The van der Waals surface area contributed by atoms with Crippen LogP contribution < -0.4 is 4.90 Å². The molecule has 0 unspecified atom stereocenters. The topological polar surface area (TPSA) is 32.8 Å². The van der Waals surface area contributed by atoms with E-state index in [1.54, 1.807) is 0 Å². The number of benzene rings is 1. The summed E-state index contributed by atoms with van der Waals surface area (Å²) in [6, 6.07) is 8.81. The third-order valence-electron chi connectivity index (χ3n) is 4.87. The Balaban J connectivity index is 1.54. The van der Waals surface area contributed by atoms with Crippen LogP contribution in [0, 0.1) is 5.92 Å². The van der Waals surface area contributed by atoms with Crippen molar-refractivity contribution in [1.82, 2.24) is 4.90 Å². The van der Waals surface area contributed by atoms with Gasteiger partial charge in [0.2, 0.25) is 5.91 Å². The average Bonchev–Trinajstić information content (AvgIpc) is 2.62. The second-order valence-corrected chi connectivity index (χ2v) is 6.22. The molecule has 0 aliphatic carbocycles. The Bertz CT molecular complexity index is 486. The summed E-state index contributed by atoms with van der Waals surface area (Å²) in [5, 5.41) is 0. The summed E-state index contributed by atoms with van der Waals surface area (Å²) in [7, 11) is 0. The van der Waals surface area contributed by atoms with Gasteiger partial charge in [-0.15, -0.1) is 0 Å². The van der Waals surface area contributed by atoms with Gasteiger partial charge in [-0.05, 0) is 37.0 Å². The zero-order valence-corrected chi connectivity index (χ0v) is 13.5. The first kappa shape index (κ1) is 15.3. The Morgan fingerprint density at radius 1 is 1.09 bits per heavy atom. The lowest BCUT2D eigenvalue weighted by molar-refractivity contribution is -0.138. The molecule has 0 N–H and O–H groups in total. The zero-order chi connectivity index (χ0) is 15.4. The van der Waals surface area contributed by atoms with Crippen molar-refractivity contribution in [3.05, 3.63) is 29.8 Å². The number of piperazine rings is 1. The number of carbonyl (C=O) groups excluding carboxylic acids is 1. The highest BCUT2D eigenvalue weighted by molar-refractivity contribution is 5.79. The molecule has 4 nitrogen and oxygen atoms in total. The predicted octanol–water partition coefficient (Wildman–Crippen LogP) is 2.32. The fourth-order valence-electron chi connectivity index (χ4n) is 3.33. The minimum Gasteiger partial charge on any atom is -0.381 e. The number of hydrogen-bond donors (Lipinski definition) is 0. The van der Waals surface area contributed by atoms with Crippen LogP contribution in [-0.2, 0) is 16.0 Å². The van der Waals surface area contributed by atoms with Gasteiger partial charge in [0.25, 0.3) is 0 Å². The van der Waals surface area contributed by atoms with Crippen LogP contribution in [-0.4, -0.2) is 50.2 Å². The summed E-state index contributed by atoms with van der Waals surface area (Å²) in [5.41, 5.74) is 2.65. The standard InChI is InChI=1S/C18H26N2O2/c1-2-15-3-5-17(6-4-15)19-9-11-20(12-10-19)18(21)16-7-13-22-14-8-16/h3-6,16H,2,7-14H2,1H3. The van der Waals surface area contributed by atoms with Crippen LogP contribution in [0.4, 0.5) is 5.69 Å². The van der Waals surface area contributed by atoms with Crippen LogP contribution in [0.1, 0.15) is 25.3 Å². The fourth-order valence-corrected chi connectivity index (χ4v) is 3.33. The number of hydrogen-bond acceptors (Lipinski definition) is 3. The van der Waals surface area contributed by atoms with E-state index in [1.807, 2.05) is 4.90 Å². The molecule has 2 aliphatic heterocycles. The molecule has 1 aromatic rings. The van der Waals surface area contributed by atoms with Crippen LogP contribution in [0.2, 0.25) is 0 Å². The van der Waals surface area contributed by atoms with E-state index in [9.17, 15) is 4.79 Å². The van der Waals surface area contributed by atoms with Crippen molar-refractivity contribution < 1.29 is 9.53 Å². The van der Waals surface area contributed by atoms with E-state index in [1.165, 1.54) is 11.3 Å². The van der Waals surface area contributed by atoms with Gasteiger partial charge < -0.3 is 14.5 Å². The van der Waals surface area contributed by atoms with Crippen molar-refractivity contribution in [2.24, 2.45) is 5.92 Å². The quantitative estimate of drug-likeness (QED) is 0.859. The third-order valence-corrected chi connectivity index (χ3v) is 4.87. The molecule has 0 saturated carbocycles. The van der Waals surface area contributed by atoms with Crippen LogP contribution in [0.3, 0.4) is 0 Å². The third kappa shape index (κ3) is 3.43. The van der Waals surface area contributed by atoms with Gasteiger partial charge in [-0.25, -0.2) is 0 Å². The first-order valence-electron chi connectivity index (χ1n) is 8.48. The highest BCUT2D eigenvalue weighted by atomic mass is 16.5. The molecule has 2 saturated heterocycles. The normalized spacial score (nSPS) is 20.2. The summed E-state index contributed by atoms with van der Waals surface area (Å²) >= 11 is 0. The highest BCUT2D eigenvalue weighted by Crippen LogP contribution is 2.21. The van der Waals surface area contributed by atoms with E-state index < -0.39 is 0 Å². The van der Waals surface area contributed by atoms with Crippen molar-refractivity contribution in [1.29, 1.82) is 0 Å².